The van der Waals surface area contributed by atoms with Gasteiger partial charge in [-0.25, -0.2) is 9.80 Å². The van der Waals surface area contributed by atoms with E-state index in [0.29, 0.717) is 34.8 Å². The maximum Gasteiger partial charge on any atom is 0.333 e. The number of aromatic amines is 1. The number of halogens is 3. The molecule has 2 saturated heterocycles. The maximum atomic E-state index is 13.6. The van der Waals surface area contributed by atoms with Gasteiger partial charge in [-0.05, 0) is 63.3 Å². The summed E-state index contributed by atoms with van der Waals surface area (Å²) in [6.07, 6.45) is 2.54. The lowest BCUT2D eigenvalue weighted by Crippen LogP contribution is -2.53. The summed E-state index contributed by atoms with van der Waals surface area (Å²) in [5.41, 5.74) is 7.22. The fraction of sp³-hybridized carbons (Fsp3) is 0.393. The molecule has 0 bridgehead atoms. The van der Waals surface area contributed by atoms with Crippen LogP contribution in [0.4, 0.5) is 10.5 Å². The summed E-state index contributed by atoms with van der Waals surface area (Å²) in [7, 11) is 2.06. The number of fused-ring (bicyclic) bond motifs is 3. The highest BCUT2D eigenvalue weighted by molar-refractivity contribution is 6.26. The van der Waals surface area contributed by atoms with E-state index in [1.165, 1.54) is 12.8 Å². The van der Waals surface area contributed by atoms with Gasteiger partial charge < -0.3 is 15.0 Å². The van der Waals surface area contributed by atoms with Gasteiger partial charge in [-0.1, -0.05) is 12.1 Å². The van der Waals surface area contributed by atoms with Crippen molar-refractivity contribution in [3.63, 3.8) is 0 Å². The van der Waals surface area contributed by atoms with Gasteiger partial charge in [0.15, 0.2) is 5.78 Å². The first-order chi connectivity index (χ1) is 18.6. The number of rotatable bonds is 7. The van der Waals surface area contributed by atoms with E-state index in [1.54, 1.807) is 6.07 Å². The molecule has 0 saturated carbocycles. The molecule has 2 fully saturated rings. The molecule has 6 rings (SSSR count). The molecule has 2 aliphatic heterocycles. The minimum absolute atomic E-state index is 0. The monoisotopic (exact) mass is 623 g/mol. The van der Waals surface area contributed by atoms with E-state index in [4.69, 9.17) is 4.74 Å². The fourth-order valence-corrected chi connectivity index (χ4v) is 5.42. The van der Waals surface area contributed by atoms with Gasteiger partial charge >= 0.3 is 6.03 Å². The van der Waals surface area contributed by atoms with Crippen molar-refractivity contribution in [3.8, 4) is 28.3 Å². The molecular weight excluding hydrogens is 589 g/mol. The summed E-state index contributed by atoms with van der Waals surface area (Å²) < 4.78 is 5.93. The molecule has 3 N–H and O–H groups in total. The van der Waals surface area contributed by atoms with Crippen LogP contribution in [0, 0.1) is 0 Å². The van der Waals surface area contributed by atoms with Crippen molar-refractivity contribution in [3.05, 3.63) is 53.6 Å². The molecule has 222 valence electrons. The Morgan fingerprint density at radius 1 is 0.951 bits per heavy atom. The normalized spacial score (nSPS) is 16.6. The number of hydrogen-bond acceptors (Lipinski definition) is 7. The molecule has 3 heterocycles. The summed E-state index contributed by atoms with van der Waals surface area (Å²) in [6.45, 7) is 7.16. The van der Waals surface area contributed by atoms with Crippen LogP contribution >= 0.6 is 37.2 Å². The number of nitrogens with one attached hydrogen (secondary N) is 3. The Hall–Kier alpha value is -2.86. The Morgan fingerprint density at radius 2 is 1.66 bits per heavy atom. The number of hydrazine groups is 1. The number of nitrogens with zero attached hydrogens (tertiary/aromatic N) is 4. The summed E-state index contributed by atoms with van der Waals surface area (Å²) in [5, 5.41) is 12.3. The van der Waals surface area contributed by atoms with Crippen molar-refractivity contribution in [2.24, 2.45) is 0 Å². The van der Waals surface area contributed by atoms with Crippen LogP contribution in [0.25, 0.3) is 22.5 Å². The highest BCUT2D eigenvalue weighted by atomic mass is 35.5. The van der Waals surface area contributed by atoms with Crippen LogP contribution in [-0.4, -0.2) is 96.3 Å². The second-order valence-corrected chi connectivity index (χ2v) is 10.2. The van der Waals surface area contributed by atoms with E-state index in [2.05, 4.69) is 37.8 Å². The average Bonchev–Trinajstić information content (AvgIpc) is 3.65. The molecule has 2 amide bonds. The Morgan fingerprint density at radius 3 is 2.37 bits per heavy atom. The van der Waals surface area contributed by atoms with Crippen molar-refractivity contribution in [1.29, 1.82) is 0 Å². The number of piperazine rings is 1. The highest BCUT2D eigenvalue weighted by Gasteiger charge is 2.35. The van der Waals surface area contributed by atoms with Crippen LogP contribution in [-0.2, 0) is 0 Å². The number of ether oxygens (including phenoxy) is 1. The zero-order valence-corrected chi connectivity index (χ0v) is 25.3. The van der Waals surface area contributed by atoms with E-state index < -0.39 is 0 Å². The summed E-state index contributed by atoms with van der Waals surface area (Å²) in [5.74, 6) is 0.646. The first kappa shape index (κ1) is 32.7. The van der Waals surface area contributed by atoms with E-state index in [-0.39, 0.29) is 49.0 Å². The number of aromatic nitrogens is 2. The lowest BCUT2D eigenvalue weighted by molar-refractivity contribution is 0.104. The number of urea groups is 1. The predicted octanol–water partition coefficient (Wildman–Crippen LogP) is 4.31. The van der Waals surface area contributed by atoms with Gasteiger partial charge in [-0.2, -0.15) is 5.10 Å². The highest BCUT2D eigenvalue weighted by Crippen LogP contribution is 2.43. The van der Waals surface area contributed by atoms with Gasteiger partial charge in [0.05, 0.1) is 22.5 Å². The van der Waals surface area contributed by atoms with E-state index in [9.17, 15) is 9.59 Å². The first-order valence-electron chi connectivity index (χ1n) is 13.3. The van der Waals surface area contributed by atoms with E-state index in [1.807, 2.05) is 41.4 Å². The number of ketones is 1. The quantitative estimate of drug-likeness (QED) is 0.281. The zero-order valence-electron chi connectivity index (χ0n) is 22.9. The minimum Gasteiger partial charge on any atom is -0.492 e. The number of H-pyrrole nitrogens is 1. The molecule has 1 aromatic heterocycles. The number of likely N-dealkylation sites (N-methyl/N-ethyl adjacent to an activating group) is 1. The Balaban J connectivity index is 0.00000154. The van der Waals surface area contributed by atoms with Crippen molar-refractivity contribution in [1.82, 2.24) is 30.4 Å². The van der Waals surface area contributed by atoms with Crippen molar-refractivity contribution >= 4 is 54.7 Å². The standard InChI is InChI=1S/C28H33N7O3.3ClH/c1-33-13-15-35(16-14-33)32-28(37)29-22-6-4-5-21-23(22)27(36)24-25(30-31-26(21)24)19-7-9-20(10-8-19)38-18-17-34-11-2-3-12-34;;;/h4-10H,2-3,11-18H2,1H3,(H,30,31)(H2,29,32,37);3*1H. The third kappa shape index (κ3) is 6.97. The van der Waals surface area contributed by atoms with Crippen LogP contribution in [0.15, 0.2) is 42.5 Å². The molecule has 0 radical (unpaired) electrons. The van der Waals surface area contributed by atoms with Crippen LogP contribution in [0.1, 0.15) is 28.8 Å². The van der Waals surface area contributed by atoms with E-state index >= 15 is 0 Å². The number of benzene rings is 2. The predicted molar refractivity (Wildman–Crippen MR) is 167 cm³/mol. The lowest BCUT2D eigenvalue weighted by atomic mass is 10.0. The number of hydrogen-bond donors (Lipinski definition) is 3. The molecule has 2 aromatic carbocycles. The molecule has 41 heavy (non-hydrogen) atoms. The third-order valence-corrected chi connectivity index (χ3v) is 7.57. The Kier molecular flexibility index (Phi) is 11.4. The van der Waals surface area contributed by atoms with Crippen LogP contribution in [0.3, 0.4) is 0 Å². The smallest absolute Gasteiger partial charge is 0.333 e. The Labute approximate surface area is 258 Å². The SMILES string of the molecule is CN1CCN(NC(=O)Nc2cccc3c2C(=O)c2c(-c4ccc(OCCN5CCCC5)cc4)n[nH]c2-3)CC1.Cl.Cl.Cl. The molecule has 3 aromatic rings. The molecule has 0 spiro atoms. The first-order valence-corrected chi connectivity index (χ1v) is 13.3. The van der Waals surface area contributed by atoms with Gasteiger partial charge in [0.2, 0.25) is 0 Å². The molecule has 0 unspecified atom stereocenters. The molecule has 10 nitrogen and oxygen atoms in total. The molecule has 3 aliphatic rings. The topological polar surface area (TPSA) is 106 Å². The van der Waals surface area contributed by atoms with E-state index in [0.717, 1.165) is 62.7 Å². The molecular formula is C28H36Cl3N7O3. The van der Waals surface area contributed by atoms with Crippen LogP contribution in [0.5, 0.6) is 5.75 Å². The third-order valence-electron chi connectivity index (χ3n) is 7.57. The second kappa shape index (κ2) is 14.4. The van der Waals surface area contributed by atoms with Gasteiger partial charge in [0.1, 0.15) is 18.1 Å². The molecule has 0 atom stereocenters. The van der Waals surface area contributed by atoms with Gasteiger partial charge in [-0.15, -0.1) is 37.2 Å². The van der Waals surface area contributed by atoms with Crippen LogP contribution in [0.2, 0.25) is 0 Å². The maximum absolute atomic E-state index is 13.6. The van der Waals surface area contributed by atoms with Crippen molar-refractivity contribution in [2.75, 3.05) is 64.8 Å². The fourth-order valence-electron chi connectivity index (χ4n) is 5.42. The average molecular weight is 625 g/mol. The minimum atomic E-state index is -0.356. The number of amides is 2. The number of anilines is 1. The van der Waals surface area contributed by atoms with Gasteiger partial charge in [0.25, 0.3) is 0 Å². The summed E-state index contributed by atoms with van der Waals surface area (Å²) in [4.78, 5) is 31.0. The van der Waals surface area contributed by atoms with Gasteiger partial charge in [-0.3, -0.25) is 20.2 Å². The molecule has 1 aliphatic carbocycles. The summed E-state index contributed by atoms with van der Waals surface area (Å²) in [6, 6.07) is 12.8. The van der Waals surface area contributed by atoms with Crippen molar-refractivity contribution < 1.29 is 14.3 Å². The largest absolute Gasteiger partial charge is 0.492 e. The second-order valence-electron chi connectivity index (χ2n) is 10.2. The van der Waals surface area contributed by atoms with Gasteiger partial charge in [0, 0.05) is 43.9 Å². The number of likely N-dealkylation sites (tertiary alicyclic amines) is 1. The molecule has 13 heteroatoms. The lowest BCUT2D eigenvalue weighted by Gasteiger charge is -2.32. The van der Waals surface area contributed by atoms with Crippen LogP contribution < -0.4 is 15.5 Å². The van der Waals surface area contributed by atoms with Crippen molar-refractivity contribution in [2.45, 2.75) is 12.8 Å². The zero-order chi connectivity index (χ0) is 26.1. The number of carbonyl (C=O) groups excluding carboxylic acids is 2. The summed E-state index contributed by atoms with van der Waals surface area (Å²) >= 11 is 0. The Bertz CT molecular complexity index is 1340. The number of carbonyl (C=O) groups is 2.